The van der Waals surface area contributed by atoms with Gasteiger partial charge in [-0.1, -0.05) is 50.5 Å². The van der Waals surface area contributed by atoms with Crippen molar-refractivity contribution in [3.63, 3.8) is 0 Å². The molecule has 0 spiro atoms. The van der Waals surface area contributed by atoms with Crippen LogP contribution in [-0.4, -0.2) is 17.4 Å². The van der Waals surface area contributed by atoms with Crippen LogP contribution in [0.1, 0.15) is 41.5 Å². The van der Waals surface area contributed by atoms with Crippen molar-refractivity contribution in [3.8, 4) is 0 Å². The maximum absolute atomic E-state index is 11.8. The second-order valence-corrected chi connectivity index (χ2v) is 8.14. The van der Waals surface area contributed by atoms with Gasteiger partial charge in [-0.25, -0.2) is 4.79 Å². The molecule has 18 heavy (non-hydrogen) atoms. The molecule has 0 aromatic rings. The third kappa shape index (κ3) is 3.59. The minimum Gasteiger partial charge on any atom is -0.333 e. The van der Waals surface area contributed by atoms with Crippen molar-refractivity contribution in [2.45, 2.75) is 41.5 Å². The summed E-state index contributed by atoms with van der Waals surface area (Å²) in [5.41, 5.74) is 2.12. The molecule has 6 heteroatoms. The van der Waals surface area contributed by atoms with E-state index in [1.54, 1.807) is 0 Å². The van der Waals surface area contributed by atoms with Crippen molar-refractivity contribution in [1.29, 1.82) is 0 Å². The summed E-state index contributed by atoms with van der Waals surface area (Å²) < 4.78 is 2.23. The Morgan fingerprint density at radius 3 is 2.11 bits per heavy atom. The maximum Gasteiger partial charge on any atom is 0.320 e. The lowest BCUT2D eigenvalue weighted by Crippen LogP contribution is -2.37. The molecule has 0 saturated heterocycles. The fraction of sp³-hybridized carbons (Fsp3) is 0.750. The molecule has 2 amide bonds. The Hall–Kier alpha value is -0.330. The molecule has 4 nitrogen and oxygen atoms in total. The van der Waals surface area contributed by atoms with Gasteiger partial charge >= 0.3 is 6.03 Å². The van der Waals surface area contributed by atoms with Crippen LogP contribution in [0.2, 0.25) is 0 Å². The predicted molar refractivity (Wildman–Crippen MR) is 82.3 cm³/mol. The largest absolute Gasteiger partial charge is 0.333 e. The zero-order chi connectivity index (χ0) is 14.1. The number of amides is 2. The number of carbonyl (C=O) groups is 1. The fourth-order valence-electron chi connectivity index (χ4n) is 2.01. The Balaban J connectivity index is 3.41. The summed E-state index contributed by atoms with van der Waals surface area (Å²) in [6, 6.07) is -0.118. The molecular weight excluding hydrogens is 264 g/mol. The third-order valence-corrected chi connectivity index (χ3v) is 4.39. The van der Waals surface area contributed by atoms with E-state index in [9.17, 15) is 4.79 Å². The van der Waals surface area contributed by atoms with Gasteiger partial charge < -0.3 is 15.3 Å². The van der Waals surface area contributed by atoms with Crippen LogP contribution >= 0.6 is 17.3 Å². The lowest BCUT2D eigenvalue weighted by molar-refractivity contribution is 0.240. The van der Waals surface area contributed by atoms with Gasteiger partial charge in [-0.2, -0.15) is 0 Å². The van der Waals surface area contributed by atoms with Crippen LogP contribution < -0.4 is 10.6 Å². The van der Waals surface area contributed by atoms with Crippen LogP contribution in [0.3, 0.4) is 0 Å². The SMILES string of the molecule is CC(C)(C)C1=C(C(C)(C)C)N(PP)CNC(=O)N1. The van der Waals surface area contributed by atoms with Crippen molar-refractivity contribution in [1.82, 2.24) is 15.3 Å². The molecule has 2 unspecified atom stereocenters. The molecule has 1 aliphatic rings. The van der Waals surface area contributed by atoms with Crippen molar-refractivity contribution in [2.24, 2.45) is 10.8 Å². The maximum atomic E-state index is 11.8. The summed E-state index contributed by atoms with van der Waals surface area (Å²) in [5, 5.41) is 5.90. The molecule has 2 atom stereocenters. The summed E-state index contributed by atoms with van der Waals surface area (Å²) >= 11 is 0. The molecular formula is C12H25N3OP2. The number of nitrogens with zero attached hydrogens (tertiary/aromatic N) is 1. The van der Waals surface area contributed by atoms with Gasteiger partial charge in [0, 0.05) is 22.2 Å². The van der Waals surface area contributed by atoms with E-state index in [1.165, 1.54) is 5.70 Å². The number of hydrogen-bond acceptors (Lipinski definition) is 2. The van der Waals surface area contributed by atoms with E-state index in [0.717, 1.165) is 5.70 Å². The van der Waals surface area contributed by atoms with Gasteiger partial charge in [0.1, 0.15) is 0 Å². The van der Waals surface area contributed by atoms with E-state index < -0.39 is 0 Å². The predicted octanol–water partition coefficient (Wildman–Crippen LogP) is 3.25. The molecule has 0 aliphatic carbocycles. The van der Waals surface area contributed by atoms with E-state index in [0.29, 0.717) is 15.1 Å². The smallest absolute Gasteiger partial charge is 0.320 e. The Kier molecular flexibility index (Phi) is 4.67. The van der Waals surface area contributed by atoms with Crippen LogP contribution in [0.25, 0.3) is 0 Å². The number of hydrogen-bond donors (Lipinski definition) is 2. The van der Waals surface area contributed by atoms with E-state index in [4.69, 9.17) is 0 Å². The van der Waals surface area contributed by atoms with E-state index in [2.05, 4.69) is 65.8 Å². The number of carbonyl (C=O) groups excluding carboxylic acids is 1. The molecule has 0 bridgehead atoms. The topological polar surface area (TPSA) is 44.4 Å². The summed E-state index contributed by atoms with van der Waals surface area (Å²) in [6.07, 6.45) is 0. The highest BCUT2D eigenvalue weighted by molar-refractivity contribution is 8.01. The number of urea groups is 1. The van der Waals surface area contributed by atoms with Crippen molar-refractivity contribution in [2.75, 3.05) is 6.67 Å². The highest BCUT2D eigenvalue weighted by Gasteiger charge is 2.34. The third-order valence-electron chi connectivity index (χ3n) is 2.76. The average molecular weight is 289 g/mol. The van der Waals surface area contributed by atoms with Crippen LogP contribution in [0.15, 0.2) is 11.4 Å². The summed E-state index contributed by atoms with van der Waals surface area (Å²) in [4.78, 5) is 11.8. The number of rotatable bonds is 1. The molecule has 104 valence electrons. The van der Waals surface area contributed by atoms with E-state index in [1.807, 2.05) is 0 Å². The first kappa shape index (κ1) is 15.7. The van der Waals surface area contributed by atoms with Gasteiger partial charge in [0.2, 0.25) is 0 Å². The molecule has 0 aromatic heterocycles. The lowest BCUT2D eigenvalue weighted by Gasteiger charge is -2.37. The fourth-order valence-corrected chi connectivity index (χ4v) is 3.42. The number of allylic oxidation sites excluding steroid dienone is 2. The van der Waals surface area contributed by atoms with Crippen LogP contribution in [0, 0.1) is 10.8 Å². The quantitative estimate of drug-likeness (QED) is 0.728. The van der Waals surface area contributed by atoms with Gasteiger partial charge in [-0.3, -0.25) is 0 Å². The minimum atomic E-state index is -0.118. The zero-order valence-corrected chi connectivity index (χ0v) is 14.3. The van der Waals surface area contributed by atoms with E-state index >= 15 is 0 Å². The van der Waals surface area contributed by atoms with Gasteiger partial charge in [-0.15, -0.1) is 0 Å². The summed E-state index contributed by atoms with van der Waals surface area (Å²) in [6.45, 7) is 13.5. The molecule has 0 fully saturated rings. The Morgan fingerprint density at radius 1 is 1.17 bits per heavy atom. The second-order valence-electron chi connectivity index (χ2n) is 6.57. The summed E-state index contributed by atoms with van der Waals surface area (Å²) in [5.74, 6) is 0. The lowest BCUT2D eigenvalue weighted by atomic mass is 9.82. The van der Waals surface area contributed by atoms with Crippen molar-refractivity contribution in [3.05, 3.63) is 11.4 Å². The van der Waals surface area contributed by atoms with E-state index in [-0.39, 0.29) is 16.9 Å². The first-order valence-electron chi connectivity index (χ1n) is 6.11. The molecule has 0 aromatic carbocycles. The molecule has 1 heterocycles. The zero-order valence-electron chi connectivity index (χ0n) is 12.1. The Morgan fingerprint density at radius 2 is 1.72 bits per heavy atom. The molecule has 1 aliphatic heterocycles. The molecule has 0 saturated carbocycles. The van der Waals surface area contributed by atoms with Gasteiger partial charge in [0.25, 0.3) is 0 Å². The van der Waals surface area contributed by atoms with Crippen LogP contribution in [0.5, 0.6) is 0 Å². The van der Waals surface area contributed by atoms with Crippen molar-refractivity contribution < 1.29 is 4.79 Å². The highest BCUT2D eigenvalue weighted by atomic mass is 32.0. The molecule has 0 radical (unpaired) electrons. The monoisotopic (exact) mass is 289 g/mol. The Labute approximate surface area is 114 Å². The van der Waals surface area contributed by atoms with Gasteiger partial charge in [0.05, 0.1) is 6.67 Å². The van der Waals surface area contributed by atoms with Gasteiger partial charge in [0.15, 0.2) is 0 Å². The Bertz CT molecular complexity index is 366. The normalized spacial score (nSPS) is 19.1. The summed E-state index contributed by atoms with van der Waals surface area (Å²) in [7, 11) is 3.31. The first-order valence-corrected chi connectivity index (χ1v) is 8.87. The molecule has 1 rings (SSSR count). The van der Waals surface area contributed by atoms with Crippen LogP contribution in [0.4, 0.5) is 4.79 Å². The highest BCUT2D eigenvalue weighted by Crippen LogP contribution is 2.43. The average Bonchev–Trinajstić information content (AvgIpc) is 2.35. The van der Waals surface area contributed by atoms with Gasteiger partial charge in [-0.05, 0) is 8.42 Å². The van der Waals surface area contributed by atoms with Crippen molar-refractivity contribution >= 4 is 23.4 Å². The minimum absolute atomic E-state index is 0.00845. The first-order chi connectivity index (χ1) is 8.07. The standard InChI is InChI=1S/C12H25N3OP2/c1-11(2,3)8-9(12(4,5)6)15(18-17)7-13-10(16)14-8/h18H,7,17H2,1-6H3,(H2,13,14,16). The molecule has 2 N–H and O–H groups in total. The second kappa shape index (κ2) is 5.35. The van der Waals surface area contributed by atoms with Crippen LogP contribution in [-0.2, 0) is 0 Å². The number of nitrogens with one attached hydrogen (secondary N) is 2.